The van der Waals surface area contributed by atoms with Crippen LogP contribution in [0.2, 0.25) is 5.02 Å². The predicted octanol–water partition coefficient (Wildman–Crippen LogP) is 9.03. The number of hydrogen-bond acceptors (Lipinski definition) is 9. The summed E-state index contributed by atoms with van der Waals surface area (Å²) in [5.41, 5.74) is 5.43. The Morgan fingerprint density at radius 2 is 1.18 bits per heavy atom. The Bertz CT molecular complexity index is 2070. The Balaban J connectivity index is 1.69. The van der Waals surface area contributed by atoms with Crippen molar-refractivity contribution in [2.75, 3.05) is 7.11 Å². The maximum Gasteiger partial charge on any atom is 0.347 e. The van der Waals surface area contributed by atoms with Crippen LogP contribution < -0.4 is 18.9 Å². The van der Waals surface area contributed by atoms with Crippen LogP contribution in [0.5, 0.6) is 40.2 Å². The molecule has 50 heavy (non-hydrogen) atoms. The molecule has 0 saturated carbocycles. The Labute approximate surface area is 296 Å². The van der Waals surface area contributed by atoms with Crippen LogP contribution in [0.1, 0.15) is 93.6 Å². The Hall–Kier alpha value is -5.22. The molecule has 0 radical (unpaired) electrons. The first-order valence-electron chi connectivity index (χ1n) is 15.9. The number of halogens is 1. The third-order valence-corrected chi connectivity index (χ3v) is 9.80. The molecule has 0 bridgehead atoms. The molecule has 11 heteroatoms. The van der Waals surface area contributed by atoms with Crippen LogP contribution in [-0.2, 0) is 6.42 Å². The van der Waals surface area contributed by atoms with Gasteiger partial charge < -0.3 is 34.3 Å². The van der Waals surface area contributed by atoms with Gasteiger partial charge in [-0.1, -0.05) is 18.5 Å². The number of ether oxygens (including phenoxy) is 4. The number of aromatic carboxylic acids is 1. The Morgan fingerprint density at radius 1 is 0.640 bits per heavy atom. The molecular formula is C39H41ClO10. The van der Waals surface area contributed by atoms with E-state index in [1.807, 2.05) is 6.92 Å². The third-order valence-electron chi connectivity index (χ3n) is 9.45. The van der Waals surface area contributed by atoms with Crippen LogP contribution in [0.15, 0.2) is 18.2 Å². The molecule has 4 aromatic rings. The fraction of sp³-hybridized carbons (Fsp3) is 0.308. The Morgan fingerprint density at radius 3 is 1.76 bits per heavy atom. The van der Waals surface area contributed by atoms with E-state index in [0.717, 1.165) is 0 Å². The molecule has 0 aliphatic rings. The molecule has 0 atom stereocenters. The minimum Gasteiger partial charge on any atom is -0.508 e. The molecule has 4 rings (SSSR count). The summed E-state index contributed by atoms with van der Waals surface area (Å²) < 4.78 is 23.1. The maximum absolute atomic E-state index is 13.7. The molecule has 10 nitrogen and oxygen atoms in total. The Kier molecular flexibility index (Phi) is 10.8. The summed E-state index contributed by atoms with van der Waals surface area (Å²) in [4.78, 5) is 39.3. The van der Waals surface area contributed by atoms with E-state index >= 15 is 0 Å². The highest BCUT2D eigenvalue weighted by Crippen LogP contribution is 2.46. The number of hydrogen-bond donors (Lipinski definition) is 3. The molecule has 4 aromatic carbocycles. The van der Waals surface area contributed by atoms with Crippen molar-refractivity contribution in [2.24, 2.45) is 0 Å². The van der Waals surface area contributed by atoms with Crippen molar-refractivity contribution in [2.45, 2.75) is 75.7 Å². The van der Waals surface area contributed by atoms with Gasteiger partial charge in [-0.25, -0.2) is 14.4 Å². The molecule has 3 N–H and O–H groups in total. The molecule has 0 aromatic heterocycles. The van der Waals surface area contributed by atoms with Gasteiger partial charge in [0.15, 0.2) is 11.5 Å². The highest BCUT2D eigenvalue weighted by molar-refractivity contribution is 6.34. The van der Waals surface area contributed by atoms with E-state index in [1.165, 1.54) is 19.2 Å². The van der Waals surface area contributed by atoms with Gasteiger partial charge in [0.05, 0.1) is 18.2 Å². The number of rotatable bonds is 9. The van der Waals surface area contributed by atoms with Gasteiger partial charge in [0, 0.05) is 17.7 Å². The van der Waals surface area contributed by atoms with E-state index in [0.29, 0.717) is 73.6 Å². The van der Waals surface area contributed by atoms with Crippen molar-refractivity contribution in [3.63, 3.8) is 0 Å². The molecule has 264 valence electrons. The van der Waals surface area contributed by atoms with Gasteiger partial charge >= 0.3 is 17.9 Å². The summed E-state index contributed by atoms with van der Waals surface area (Å²) in [6, 6.07) is 4.37. The topological polar surface area (TPSA) is 149 Å². The predicted molar refractivity (Wildman–Crippen MR) is 190 cm³/mol. The number of aryl methyl sites for hydroxylation is 1. The molecule has 0 spiro atoms. The van der Waals surface area contributed by atoms with Crippen molar-refractivity contribution in [3.05, 3.63) is 95.5 Å². The van der Waals surface area contributed by atoms with Crippen molar-refractivity contribution in [3.8, 4) is 40.2 Å². The molecule has 0 unspecified atom stereocenters. The fourth-order valence-corrected chi connectivity index (χ4v) is 6.47. The number of benzene rings is 4. The molecule has 0 aliphatic carbocycles. The molecular weight excluding hydrogens is 664 g/mol. The summed E-state index contributed by atoms with van der Waals surface area (Å²) in [6.45, 7) is 17.1. The SMILES string of the molecule is CCc1c(C)c(C(=O)O)c(C)c(C)c1OC(=O)c1c(C)cc(OC(=O)c2c(C)c(C)c(Oc3cc(O)cc(OC)c3C)c(Cl)c2O)c(C)c1C. The van der Waals surface area contributed by atoms with Crippen molar-refractivity contribution in [1.29, 1.82) is 0 Å². The van der Waals surface area contributed by atoms with E-state index < -0.39 is 23.7 Å². The number of carboxylic acid groups (broad SMARTS) is 1. The lowest BCUT2D eigenvalue weighted by molar-refractivity contribution is 0.0692. The molecule has 0 aliphatic heterocycles. The summed E-state index contributed by atoms with van der Waals surface area (Å²) in [5, 5.41) is 30.8. The summed E-state index contributed by atoms with van der Waals surface area (Å²) in [6.07, 6.45) is 0.453. The van der Waals surface area contributed by atoms with Crippen LogP contribution in [0.3, 0.4) is 0 Å². The zero-order valence-electron chi connectivity index (χ0n) is 30.0. The van der Waals surface area contributed by atoms with Gasteiger partial charge in [-0.3, -0.25) is 0 Å². The lowest BCUT2D eigenvalue weighted by atomic mass is 9.91. The summed E-state index contributed by atoms with van der Waals surface area (Å²) in [5.74, 6) is -2.00. The van der Waals surface area contributed by atoms with Gasteiger partial charge in [-0.05, 0) is 125 Å². The largest absolute Gasteiger partial charge is 0.508 e. The quantitative estimate of drug-likeness (QED) is 0.114. The van der Waals surface area contributed by atoms with Crippen LogP contribution in [-0.4, -0.2) is 40.3 Å². The van der Waals surface area contributed by atoms with Crippen LogP contribution in [0.25, 0.3) is 0 Å². The number of phenols is 2. The lowest BCUT2D eigenvalue weighted by Crippen LogP contribution is -2.18. The third kappa shape index (κ3) is 6.55. The smallest absolute Gasteiger partial charge is 0.347 e. The number of carbonyl (C=O) groups is 3. The highest BCUT2D eigenvalue weighted by atomic mass is 35.5. The monoisotopic (exact) mass is 704 g/mol. The zero-order valence-corrected chi connectivity index (χ0v) is 30.8. The second-order valence-corrected chi connectivity index (χ2v) is 12.7. The minimum atomic E-state index is -1.04. The standard InChI is InChI=1S/C39H41ClO10/c1-12-26-23(9)31(37(43)44)19(5)21(7)35(26)50-38(45)30-16(2)13-28(17(3)18(30)4)49-39(46)32-20(6)22(8)36(33(40)34(32)42)48-29-15-25(41)14-27(47-11)24(29)10/h13-15,41-42H,12H2,1-11H3,(H,43,44). The lowest BCUT2D eigenvalue weighted by Gasteiger charge is -2.21. The van der Waals surface area contributed by atoms with E-state index in [1.54, 1.807) is 68.4 Å². The number of esters is 2. The van der Waals surface area contributed by atoms with Gasteiger partial charge in [-0.15, -0.1) is 0 Å². The first-order chi connectivity index (χ1) is 23.4. The fourth-order valence-electron chi connectivity index (χ4n) is 6.20. The average Bonchev–Trinajstić information content (AvgIpc) is 3.04. The molecule has 0 amide bonds. The first kappa shape index (κ1) is 37.6. The number of carbonyl (C=O) groups excluding carboxylic acids is 2. The number of aromatic hydroxyl groups is 2. The van der Waals surface area contributed by atoms with E-state index in [-0.39, 0.29) is 44.7 Å². The van der Waals surface area contributed by atoms with Crippen LogP contribution in [0.4, 0.5) is 0 Å². The van der Waals surface area contributed by atoms with E-state index in [2.05, 4.69) is 0 Å². The first-order valence-corrected chi connectivity index (χ1v) is 16.2. The van der Waals surface area contributed by atoms with Gasteiger partial charge in [0.1, 0.15) is 39.3 Å². The van der Waals surface area contributed by atoms with Crippen LogP contribution in [0, 0.1) is 62.3 Å². The number of phenolic OH excluding ortho intramolecular Hbond substituents is 2. The van der Waals surface area contributed by atoms with Crippen molar-refractivity contribution < 1.29 is 48.7 Å². The van der Waals surface area contributed by atoms with E-state index in [4.69, 9.17) is 30.5 Å². The van der Waals surface area contributed by atoms with Crippen LogP contribution >= 0.6 is 11.6 Å². The normalized spacial score (nSPS) is 11.0. The zero-order chi connectivity index (χ0) is 37.5. The molecule has 0 heterocycles. The van der Waals surface area contributed by atoms with Gasteiger partial charge in [0.2, 0.25) is 0 Å². The maximum atomic E-state index is 13.7. The average molecular weight is 705 g/mol. The van der Waals surface area contributed by atoms with Crippen molar-refractivity contribution >= 4 is 29.5 Å². The minimum absolute atomic E-state index is 0.0872. The number of carboxylic acids is 1. The highest BCUT2D eigenvalue weighted by Gasteiger charge is 2.29. The second kappa shape index (κ2) is 14.3. The van der Waals surface area contributed by atoms with E-state index in [9.17, 15) is 29.7 Å². The second-order valence-electron chi connectivity index (χ2n) is 12.3. The van der Waals surface area contributed by atoms with Gasteiger partial charge in [0.25, 0.3) is 0 Å². The molecule has 0 fully saturated rings. The number of methoxy groups -OCH3 is 1. The van der Waals surface area contributed by atoms with Crippen molar-refractivity contribution in [1.82, 2.24) is 0 Å². The summed E-state index contributed by atoms with van der Waals surface area (Å²) in [7, 11) is 1.46. The molecule has 0 saturated heterocycles. The summed E-state index contributed by atoms with van der Waals surface area (Å²) >= 11 is 6.56. The van der Waals surface area contributed by atoms with Gasteiger partial charge in [-0.2, -0.15) is 0 Å².